The van der Waals surface area contributed by atoms with E-state index < -0.39 is 72.1 Å². The van der Waals surface area contributed by atoms with E-state index in [2.05, 4.69) is 15.8 Å². The van der Waals surface area contributed by atoms with E-state index in [1.54, 1.807) is 0 Å². The first-order chi connectivity index (χ1) is 17.9. The summed E-state index contributed by atoms with van der Waals surface area (Å²) in [6, 6.07) is 4.35. The number of nitro benzene ring substituents is 1. The zero-order valence-corrected chi connectivity index (χ0v) is 20.8. The number of esters is 4. The Morgan fingerprint density at radius 3 is 2.00 bits per heavy atom. The Hall–Kier alpha value is -4.60. The summed E-state index contributed by atoms with van der Waals surface area (Å²) in [5.41, 5.74) is 2.45. The van der Waals surface area contributed by atoms with Crippen LogP contribution in [0.2, 0.25) is 0 Å². The summed E-state index contributed by atoms with van der Waals surface area (Å²) in [6.45, 7) is 3.86. The first kappa shape index (κ1) is 29.6. The number of carbonyl (C=O) groups is 5. The Kier molecular flexibility index (Phi) is 10.6. The van der Waals surface area contributed by atoms with Crippen molar-refractivity contribution < 1.29 is 52.6 Å². The van der Waals surface area contributed by atoms with E-state index in [1.807, 2.05) is 0 Å². The summed E-state index contributed by atoms with van der Waals surface area (Å²) >= 11 is 0. The quantitative estimate of drug-likeness (QED) is 0.143. The second-order valence-electron chi connectivity index (χ2n) is 7.81. The number of ether oxygens (including phenoxy) is 5. The SMILES string of the molecule is CC(=O)OC[C@H]1O[C@@H](NC(=O)N/N=C/c2ccc([N+](=O)[O-])cc2)[C@H](OC(C)=O)[C@@H](OC(C)=O)[C@@H]1OC(C)=O. The predicted molar refractivity (Wildman–Crippen MR) is 124 cm³/mol. The van der Waals surface area contributed by atoms with Gasteiger partial charge in [-0.05, 0) is 17.7 Å². The lowest BCUT2D eigenvalue weighted by Gasteiger charge is -2.44. The van der Waals surface area contributed by atoms with Crippen LogP contribution in [0.3, 0.4) is 0 Å². The van der Waals surface area contributed by atoms with Crippen LogP contribution < -0.4 is 10.7 Å². The molecular formula is C22H26N4O12. The summed E-state index contributed by atoms with van der Waals surface area (Å²) in [6.07, 6.45) is -5.84. The molecule has 16 heteroatoms. The molecule has 5 atom stereocenters. The Morgan fingerprint density at radius 1 is 0.921 bits per heavy atom. The van der Waals surface area contributed by atoms with Crippen molar-refractivity contribution in [2.45, 2.75) is 58.3 Å². The minimum atomic E-state index is -1.49. The third-order valence-electron chi connectivity index (χ3n) is 4.75. The Bertz CT molecular complexity index is 1090. The number of nitrogens with one attached hydrogen (secondary N) is 2. The standard InChI is InChI=1S/C22H26N4O12/c1-11(27)34-10-17-18(35-12(2)28)19(36-13(3)29)20(37-14(4)30)21(38-17)24-22(31)25-23-9-15-5-7-16(8-6-15)26(32)33/h5-9,17-21H,10H2,1-4H3,(H2,24,25,31)/b23-9+/t17-,18-,19+,20-,21-/m1/s1. The minimum absolute atomic E-state index is 0.128. The number of nitro groups is 1. The molecule has 0 bridgehead atoms. The number of urea groups is 1. The van der Waals surface area contributed by atoms with E-state index in [4.69, 9.17) is 23.7 Å². The number of carbonyl (C=O) groups excluding carboxylic acids is 5. The monoisotopic (exact) mass is 538 g/mol. The number of rotatable bonds is 9. The van der Waals surface area contributed by atoms with Crippen LogP contribution in [0.4, 0.5) is 10.5 Å². The lowest BCUT2D eigenvalue weighted by Crippen LogP contribution is -2.66. The molecule has 1 saturated heterocycles. The minimum Gasteiger partial charge on any atom is -0.463 e. The normalized spacial score (nSPS) is 22.6. The summed E-state index contributed by atoms with van der Waals surface area (Å²) < 4.78 is 26.4. The van der Waals surface area contributed by atoms with Crippen LogP contribution in [0.15, 0.2) is 29.4 Å². The van der Waals surface area contributed by atoms with Crippen LogP contribution in [0.25, 0.3) is 0 Å². The van der Waals surface area contributed by atoms with E-state index in [0.29, 0.717) is 5.56 Å². The van der Waals surface area contributed by atoms with Crippen LogP contribution in [-0.4, -0.2) is 78.3 Å². The molecule has 16 nitrogen and oxygen atoms in total. The van der Waals surface area contributed by atoms with Crippen LogP contribution in [0.5, 0.6) is 0 Å². The highest BCUT2D eigenvalue weighted by Crippen LogP contribution is 2.28. The highest BCUT2D eigenvalue weighted by Gasteiger charge is 2.52. The van der Waals surface area contributed by atoms with E-state index in [-0.39, 0.29) is 5.69 Å². The molecular weight excluding hydrogens is 512 g/mol. The lowest BCUT2D eigenvalue weighted by molar-refractivity contribution is -0.384. The smallest absolute Gasteiger partial charge is 0.337 e. The number of amides is 2. The van der Waals surface area contributed by atoms with Gasteiger partial charge in [0, 0.05) is 39.8 Å². The van der Waals surface area contributed by atoms with Crippen LogP contribution >= 0.6 is 0 Å². The molecule has 1 aromatic rings. The molecule has 0 aromatic heterocycles. The summed E-state index contributed by atoms with van der Waals surface area (Å²) in [5.74, 6) is -3.15. The molecule has 2 N–H and O–H groups in total. The number of hydrogen-bond donors (Lipinski definition) is 2. The fourth-order valence-corrected chi connectivity index (χ4v) is 3.35. The van der Waals surface area contributed by atoms with Gasteiger partial charge < -0.3 is 29.0 Å². The maximum atomic E-state index is 12.5. The van der Waals surface area contributed by atoms with E-state index in [9.17, 15) is 34.1 Å². The topological polar surface area (TPSA) is 211 Å². The average Bonchev–Trinajstić information content (AvgIpc) is 2.81. The third-order valence-corrected chi connectivity index (χ3v) is 4.75. The molecule has 0 unspecified atom stereocenters. The van der Waals surface area contributed by atoms with Gasteiger partial charge in [0.25, 0.3) is 5.69 Å². The number of hydrogen-bond acceptors (Lipinski definition) is 13. The second-order valence-corrected chi connectivity index (χ2v) is 7.81. The Morgan fingerprint density at radius 2 is 1.47 bits per heavy atom. The van der Waals surface area contributed by atoms with Crippen molar-refractivity contribution in [3.63, 3.8) is 0 Å². The molecule has 1 fully saturated rings. The molecule has 0 radical (unpaired) electrons. The third kappa shape index (κ3) is 9.12. The van der Waals surface area contributed by atoms with Crippen LogP contribution in [-0.2, 0) is 42.9 Å². The maximum Gasteiger partial charge on any atom is 0.337 e. The molecule has 38 heavy (non-hydrogen) atoms. The van der Waals surface area contributed by atoms with Crippen molar-refractivity contribution in [3.05, 3.63) is 39.9 Å². The highest BCUT2D eigenvalue weighted by atomic mass is 16.7. The Balaban J connectivity index is 2.25. The summed E-state index contributed by atoms with van der Waals surface area (Å²) in [5, 5.41) is 16.8. The molecule has 1 aliphatic heterocycles. The first-order valence-electron chi connectivity index (χ1n) is 11.0. The molecule has 206 valence electrons. The summed E-state index contributed by atoms with van der Waals surface area (Å²) in [4.78, 5) is 69.4. The highest BCUT2D eigenvalue weighted by molar-refractivity contribution is 5.82. The predicted octanol–water partition coefficient (Wildman–Crippen LogP) is 0.311. The average molecular weight is 538 g/mol. The van der Waals surface area contributed by atoms with Crippen LogP contribution in [0.1, 0.15) is 33.3 Å². The maximum absolute atomic E-state index is 12.5. The molecule has 1 aliphatic rings. The van der Waals surface area contributed by atoms with Crippen molar-refractivity contribution >= 4 is 41.8 Å². The van der Waals surface area contributed by atoms with Gasteiger partial charge >= 0.3 is 29.9 Å². The number of non-ortho nitro benzene ring substituents is 1. The van der Waals surface area contributed by atoms with E-state index in [1.165, 1.54) is 30.5 Å². The van der Waals surface area contributed by atoms with Gasteiger partial charge in [0.15, 0.2) is 24.5 Å². The number of nitrogens with zero attached hydrogens (tertiary/aromatic N) is 2. The molecule has 0 saturated carbocycles. The molecule has 0 aliphatic carbocycles. The van der Waals surface area contributed by atoms with Gasteiger partial charge in [-0.25, -0.2) is 10.2 Å². The van der Waals surface area contributed by atoms with Crippen molar-refractivity contribution in [2.24, 2.45) is 5.10 Å². The van der Waals surface area contributed by atoms with E-state index >= 15 is 0 Å². The van der Waals surface area contributed by atoms with Gasteiger partial charge in [0.2, 0.25) is 0 Å². The van der Waals surface area contributed by atoms with Gasteiger partial charge in [-0.1, -0.05) is 0 Å². The van der Waals surface area contributed by atoms with Gasteiger partial charge in [-0.3, -0.25) is 29.3 Å². The molecule has 2 amide bonds. The van der Waals surface area contributed by atoms with E-state index in [0.717, 1.165) is 27.7 Å². The zero-order valence-electron chi connectivity index (χ0n) is 20.8. The van der Waals surface area contributed by atoms with Crippen molar-refractivity contribution in [3.8, 4) is 0 Å². The Labute approximate surface area is 215 Å². The van der Waals surface area contributed by atoms with Crippen molar-refractivity contribution in [2.75, 3.05) is 6.61 Å². The zero-order chi connectivity index (χ0) is 28.4. The fourth-order valence-electron chi connectivity index (χ4n) is 3.35. The lowest BCUT2D eigenvalue weighted by atomic mass is 9.97. The molecule has 1 heterocycles. The van der Waals surface area contributed by atoms with Gasteiger partial charge in [-0.2, -0.15) is 5.10 Å². The number of benzene rings is 1. The first-order valence-corrected chi connectivity index (χ1v) is 11.0. The van der Waals surface area contributed by atoms with Crippen molar-refractivity contribution in [1.82, 2.24) is 10.7 Å². The van der Waals surface area contributed by atoms with Crippen LogP contribution in [0, 0.1) is 10.1 Å². The van der Waals surface area contributed by atoms with Gasteiger partial charge in [0.05, 0.1) is 11.1 Å². The van der Waals surface area contributed by atoms with Crippen molar-refractivity contribution in [1.29, 1.82) is 0 Å². The fraction of sp³-hybridized carbons (Fsp3) is 0.455. The second kappa shape index (κ2) is 13.6. The summed E-state index contributed by atoms with van der Waals surface area (Å²) in [7, 11) is 0. The number of hydrazone groups is 1. The largest absolute Gasteiger partial charge is 0.463 e. The van der Waals surface area contributed by atoms with Gasteiger partial charge in [0.1, 0.15) is 12.7 Å². The molecule has 0 spiro atoms. The van der Waals surface area contributed by atoms with Gasteiger partial charge in [-0.15, -0.1) is 0 Å². The molecule has 2 rings (SSSR count). The molecule has 1 aromatic carbocycles.